The Balaban J connectivity index is 1.50. The Morgan fingerprint density at radius 3 is 2.33 bits per heavy atom. The third-order valence-corrected chi connectivity index (χ3v) is 4.75. The van der Waals surface area contributed by atoms with Crippen molar-refractivity contribution in [3.63, 3.8) is 0 Å². The molecule has 0 atom stereocenters. The first-order chi connectivity index (χ1) is 11.4. The van der Waals surface area contributed by atoms with Crippen molar-refractivity contribution in [2.75, 3.05) is 13.1 Å². The highest BCUT2D eigenvalue weighted by Gasteiger charge is 2.39. The van der Waals surface area contributed by atoms with Gasteiger partial charge in [0.05, 0.1) is 0 Å². The van der Waals surface area contributed by atoms with Crippen LogP contribution >= 0.6 is 0 Å². The number of aromatic nitrogens is 2. The summed E-state index contributed by atoms with van der Waals surface area (Å²) < 4.78 is 42.2. The van der Waals surface area contributed by atoms with Gasteiger partial charge in [0.25, 0.3) is 0 Å². The second-order valence-corrected chi connectivity index (χ2v) is 6.49. The molecular weight excluding hydrogens is 325 g/mol. The minimum Gasteiger partial charge on any atom is -0.417 e. The van der Waals surface area contributed by atoms with Crippen LogP contribution in [0.3, 0.4) is 0 Å². The van der Waals surface area contributed by atoms with E-state index < -0.39 is 12.1 Å². The van der Waals surface area contributed by atoms with Crippen molar-refractivity contribution in [3.8, 4) is 0 Å². The van der Waals surface area contributed by atoms with Gasteiger partial charge in [-0.3, -0.25) is 0 Å². The van der Waals surface area contributed by atoms with Gasteiger partial charge in [0, 0.05) is 25.0 Å². The second kappa shape index (κ2) is 6.98. The number of nitrogens with zero attached hydrogens (tertiary/aromatic N) is 3. The number of halogens is 3. The zero-order chi connectivity index (χ0) is 17.2. The maximum atomic E-state index is 12.5. The Hall–Kier alpha value is -1.80. The molecule has 2 fully saturated rings. The number of piperidine rings is 1. The summed E-state index contributed by atoms with van der Waals surface area (Å²) in [5.41, 5.74) is 0. The average molecular weight is 346 g/mol. The molecule has 24 heavy (non-hydrogen) atoms. The van der Waals surface area contributed by atoms with Crippen LogP contribution in [0.25, 0.3) is 0 Å². The van der Waals surface area contributed by atoms with E-state index in [0.29, 0.717) is 25.9 Å². The molecule has 3 rings (SSSR count). The smallest absolute Gasteiger partial charge is 0.417 e. The van der Waals surface area contributed by atoms with E-state index in [-0.39, 0.29) is 23.9 Å². The monoisotopic (exact) mass is 346 g/mol. The molecule has 6 nitrogen and oxygen atoms in total. The van der Waals surface area contributed by atoms with Crippen LogP contribution in [0, 0.1) is 0 Å². The molecule has 0 unspecified atom stereocenters. The van der Waals surface area contributed by atoms with Crippen LogP contribution in [0.1, 0.15) is 62.6 Å². The van der Waals surface area contributed by atoms with Crippen molar-refractivity contribution in [3.05, 3.63) is 11.8 Å². The quantitative estimate of drug-likeness (QED) is 0.892. The highest BCUT2D eigenvalue weighted by atomic mass is 19.4. The minimum atomic E-state index is -4.62. The molecule has 0 aromatic carbocycles. The molecule has 1 aromatic rings. The lowest BCUT2D eigenvalue weighted by molar-refractivity contribution is -0.157. The molecule has 1 saturated carbocycles. The summed E-state index contributed by atoms with van der Waals surface area (Å²) >= 11 is 0. The van der Waals surface area contributed by atoms with Crippen LogP contribution in [0.15, 0.2) is 4.42 Å². The lowest BCUT2D eigenvalue weighted by Gasteiger charge is -2.32. The summed E-state index contributed by atoms with van der Waals surface area (Å²) in [6, 6.07) is 0.163. The highest BCUT2D eigenvalue weighted by molar-refractivity contribution is 5.74. The van der Waals surface area contributed by atoms with E-state index >= 15 is 0 Å². The van der Waals surface area contributed by atoms with E-state index in [4.69, 9.17) is 4.42 Å². The van der Waals surface area contributed by atoms with Crippen molar-refractivity contribution in [2.24, 2.45) is 0 Å². The number of likely N-dealkylation sites (tertiary alicyclic amines) is 1. The number of hydrogen-bond donors (Lipinski definition) is 1. The van der Waals surface area contributed by atoms with Gasteiger partial charge in [-0.25, -0.2) is 4.79 Å². The first kappa shape index (κ1) is 17.0. The van der Waals surface area contributed by atoms with Gasteiger partial charge < -0.3 is 14.6 Å². The minimum absolute atomic E-state index is 0.00895. The van der Waals surface area contributed by atoms with Crippen molar-refractivity contribution in [1.29, 1.82) is 0 Å². The molecule has 2 amide bonds. The number of rotatable bonds is 2. The van der Waals surface area contributed by atoms with Crippen LogP contribution in [0.5, 0.6) is 0 Å². The lowest BCUT2D eigenvalue weighted by atomic mass is 9.95. The first-order valence-corrected chi connectivity index (χ1v) is 8.39. The van der Waals surface area contributed by atoms with Crippen molar-refractivity contribution < 1.29 is 22.4 Å². The zero-order valence-electron chi connectivity index (χ0n) is 13.3. The molecule has 0 radical (unpaired) electrons. The molecule has 1 aliphatic heterocycles. The number of hydrogen-bond acceptors (Lipinski definition) is 4. The largest absolute Gasteiger partial charge is 0.470 e. The Morgan fingerprint density at radius 1 is 1.08 bits per heavy atom. The van der Waals surface area contributed by atoms with Crippen LogP contribution in [0.4, 0.5) is 18.0 Å². The van der Waals surface area contributed by atoms with Gasteiger partial charge in [0.1, 0.15) is 0 Å². The van der Waals surface area contributed by atoms with Crippen LogP contribution in [0.2, 0.25) is 0 Å². The van der Waals surface area contributed by atoms with E-state index in [9.17, 15) is 18.0 Å². The third-order valence-electron chi connectivity index (χ3n) is 4.75. The zero-order valence-corrected chi connectivity index (χ0v) is 13.3. The van der Waals surface area contributed by atoms with Crippen molar-refractivity contribution in [1.82, 2.24) is 20.4 Å². The summed E-state index contributed by atoms with van der Waals surface area (Å²) in [4.78, 5) is 14.0. The first-order valence-electron chi connectivity index (χ1n) is 8.39. The van der Waals surface area contributed by atoms with E-state index in [2.05, 4.69) is 15.5 Å². The fourth-order valence-electron chi connectivity index (χ4n) is 3.36. The second-order valence-electron chi connectivity index (χ2n) is 6.49. The summed E-state index contributed by atoms with van der Waals surface area (Å²) in [5.74, 6) is -1.53. The standard InChI is InChI=1S/C15H21F3N4O2/c16-15(17,18)13-21-20-12(24-13)10-6-8-22(9-7-10)14(23)19-11-4-2-1-3-5-11/h10-11H,1-9H2,(H,19,23). The molecule has 1 aromatic heterocycles. The van der Waals surface area contributed by atoms with E-state index in [1.54, 1.807) is 4.90 Å². The predicted octanol–water partition coefficient (Wildman–Crippen LogP) is 3.31. The third kappa shape index (κ3) is 3.99. The maximum Gasteiger partial charge on any atom is 0.470 e. The number of carbonyl (C=O) groups excluding carboxylic acids is 1. The molecule has 2 aliphatic rings. The molecule has 0 spiro atoms. The summed E-state index contributed by atoms with van der Waals surface area (Å²) in [7, 11) is 0. The Morgan fingerprint density at radius 2 is 1.75 bits per heavy atom. The van der Waals surface area contributed by atoms with Gasteiger partial charge in [-0.05, 0) is 25.7 Å². The fraction of sp³-hybridized carbons (Fsp3) is 0.800. The van der Waals surface area contributed by atoms with Gasteiger partial charge in [-0.2, -0.15) is 13.2 Å². The van der Waals surface area contributed by atoms with Crippen LogP contribution < -0.4 is 5.32 Å². The Labute approximate surface area is 137 Å². The number of nitrogens with one attached hydrogen (secondary N) is 1. The SMILES string of the molecule is O=C(NC1CCCCC1)N1CCC(c2nnc(C(F)(F)F)o2)CC1. The van der Waals surface area contributed by atoms with Crippen LogP contribution in [-0.2, 0) is 6.18 Å². The van der Waals surface area contributed by atoms with Gasteiger partial charge in [0.15, 0.2) is 0 Å². The topological polar surface area (TPSA) is 71.3 Å². The molecule has 2 heterocycles. The number of alkyl halides is 3. The van der Waals surface area contributed by atoms with Gasteiger partial charge in [-0.1, -0.05) is 19.3 Å². The number of urea groups is 1. The Bertz CT molecular complexity index is 561. The summed E-state index contributed by atoms with van der Waals surface area (Å²) in [6.45, 7) is 0.958. The lowest BCUT2D eigenvalue weighted by Crippen LogP contribution is -2.48. The van der Waals surface area contributed by atoms with Crippen LogP contribution in [-0.4, -0.2) is 40.3 Å². The molecule has 1 saturated heterocycles. The number of carbonyl (C=O) groups is 1. The maximum absolute atomic E-state index is 12.5. The fourth-order valence-corrected chi connectivity index (χ4v) is 3.36. The van der Waals surface area contributed by atoms with Gasteiger partial charge >= 0.3 is 18.1 Å². The predicted molar refractivity (Wildman–Crippen MR) is 78.3 cm³/mol. The van der Waals surface area contributed by atoms with Gasteiger partial charge in [-0.15, -0.1) is 10.2 Å². The van der Waals surface area contributed by atoms with E-state index in [1.165, 1.54) is 6.42 Å². The van der Waals surface area contributed by atoms with Gasteiger partial charge in [0.2, 0.25) is 5.89 Å². The van der Waals surface area contributed by atoms with E-state index in [1.807, 2.05) is 0 Å². The summed E-state index contributed by atoms with van der Waals surface area (Å²) in [6.07, 6.45) is 1.98. The molecular formula is C15H21F3N4O2. The highest BCUT2D eigenvalue weighted by Crippen LogP contribution is 2.32. The molecule has 9 heteroatoms. The summed E-state index contributed by atoms with van der Waals surface area (Å²) in [5, 5.41) is 9.63. The van der Waals surface area contributed by atoms with Crippen molar-refractivity contribution >= 4 is 6.03 Å². The van der Waals surface area contributed by atoms with Crippen molar-refractivity contribution in [2.45, 2.75) is 63.1 Å². The number of amides is 2. The van der Waals surface area contributed by atoms with E-state index in [0.717, 1.165) is 25.7 Å². The molecule has 1 N–H and O–H groups in total. The molecule has 1 aliphatic carbocycles. The molecule has 134 valence electrons. The average Bonchev–Trinajstić information content (AvgIpc) is 3.06. The Kier molecular flexibility index (Phi) is 4.96. The normalized spacial score (nSPS) is 21.0. The molecule has 0 bridgehead atoms.